The molecule has 19 heavy (non-hydrogen) atoms. The number of fused-ring (bicyclic) bond motifs is 1. The summed E-state index contributed by atoms with van der Waals surface area (Å²) < 4.78 is 44.1. The molecule has 0 bridgehead atoms. The van der Waals surface area contributed by atoms with Crippen molar-refractivity contribution in [2.75, 3.05) is 13.7 Å². The number of nitrogens with zero attached hydrogens (tertiary/aromatic N) is 2. The van der Waals surface area contributed by atoms with Crippen molar-refractivity contribution in [2.45, 2.75) is 19.6 Å². The summed E-state index contributed by atoms with van der Waals surface area (Å²) in [6, 6.07) is 1.48. The van der Waals surface area contributed by atoms with Gasteiger partial charge >= 0.3 is 6.18 Å². The van der Waals surface area contributed by atoms with Gasteiger partial charge in [0.15, 0.2) is 0 Å². The average Bonchev–Trinajstić information content (AvgIpc) is 2.67. The van der Waals surface area contributed by atoms with Gasteiger partial charge in [0.25, 0.3) is 5.56 Å². The van der Waals surface area contributed by atoms with Gasteiger partial charge in [-0.2, -0.15) is 13.2 Å². The molecule has 2 aromatic heterocycles. The summed E-state index contributed by atoms with van der Waals surface area (Å²) in [6.07, 6.45) is -4.69. The van der Waals surface area contributed by atoms with Crippen molar-refractivity contribution in [1.29, 1.82) is 0 Å². The molecule has 0 saturated heterocycles. The molecule has 8 heteroatoms. The highest BCUT2D eigenvalue weighted by molar-refractivity contribution is 5.75. The second-order valence-corrected chi connectivity index (χ2v) is 4.10. The lowest BCUT2D eigenvalue weighted by Crippen LogP contribution is -2.31. The highest BCUT2D eigenvalue weighted by atomic mass is 19.4. The number of hydrogen-bond donors (Lipinski definition) is 1. The fraction of sp³-hybridized carbons (Fsp3) is 0.455. The summed E-state index contributed by atoms with van der Waals surface area (Å²) in [6.45, 7) is 1.45. The van der Waals surface area contributed by atoms with Crippen LogP contribution in [0.2, 0.25) is 0 Å². The summed E-state index contributed by atoms with van der Waals surface area (Å²) in [4.78, 5) is 18.2. The Morgan fingerprint density at radius 2 is 2.16 bits per heavy atom. The summed E-state index contributed by atoms with van der Waals surface area (Å²) in [7, 11) is 1.35. The van der Waals surface area contributed by atoms with Crippen molar-refractivity contribution in [3.05, 3.63) is 27.9 Å². The second-order valence-electron chi connectivity index (χ2n) is 4.10. The number of aromatic amines is 1. The Balaban J connectivity index is 2.72. The van der Waals surface area contributed by atoms with Gasteiger partial charge in [-0.1, -0.05) is 0 Å². The highest BCUT2D eigenvalue weighted by Gasteiger charge is 2.37. The molecule has 0 saturated carbocycles. The summed E-state index contributed by atoms with van der Waals surface area (Å²) in [5.74, 6) is -1.22. The van der Waals surface area contributed by atoms with Crippen LogP contribution < -0.4 is 5.56 Å². The van der Waals surface area contributed by atoms with Gasteiger partial charge in [0.1, 0.15) is 5.65 Å². The first-order valence-corrected chi connectivity index (χ1v) is 5.51. The first-order chi connectivity index (χ1) is 8.84. The average molecular weight is 275 g/mol. The van der Waals surface area contributed by atoms with Crippen LogP contribution in [0.25, 0.3) is 11.0 Å². The second kappa shape index (κ2) is 4.69. The van der Waals surface area contributed by atoms with Crippen LogP contribution in [-0.4, -0.2) is 28.3 Å². The van der Waals surface area contributed by atoms with Crippen LogP contribution >= 0.6 is 0 Å². The molecular formula is C11H12F3N3O2. The third-order valence-electron chi connectivity index (χ3n) is 2.65. The monoisotopic (exact) mass is 275 g/mol. The van der Waals surface area contributed by atoms with Crippen molar-refractivity contribution in [2.24, 2.45) is 0 Å². The first-order valence-electron chi connectivity index (χ1n) is 5.51. The lowest BCUT2D eigenvalue weighted by atomic mass is 10.3. The molecule has 0 fully saturated rings. The Hall–Kier alpha value is -1.83. The zero-order valence-corrected chi connectivity index (χ0v) is 10.3. The van der Waals surface area contributed by atoms with Crippen LogP contribution in [-0.2, 0) is 17.5 Å². The number of aromatic nitrogens is 3. The summed E-state index contributed by atoms with van der Waals surface area (Å²) in [5, 5.41) is 0.140. The number of hydrogen-bond acceptors (Lipinski definition) is 3. The topological polar surface area (TPSA) is 59.9 Å². The van der Waals surface area contributed by atoms with Crippen molar-refractivity contribution < 1.29 is 17.9 Å². The molecule has 0 aliphatic rings. The Kier molecular flexibility index (Phi) is 3.36. The molecule has 0 spiro atoms. The van der Waals surface area contributed by atoms with Gasteiger partial charge in [-0.15, -0.1) is 0 Å². The number of halogens is 3. The van der Waals surface area contributed by atoms with E-state index < -0.39 is 17.6 Å². The van der Waals surface area contributed by atoms with E-state index in [4.69, 9.17) is 4.74 Å². The lowest BCUT2D eigenvalue weighted by Gasteiger charge is -2.13. The Bertz CT molecular complexity index is 657. The molecule has 1 N–H and O–H groups in total. The van der Waals surface area contributed by atoms with Crippen LogP contribution in [0.3, 0.4) is 0 Å². The maximum Gasteiger partial charge on any atom is 0.449 e. The predicted octanol–water partition coefficient (Wildman–Crippen LogP) is 1.70. The third kappa shape index (κ3) is 2.48. The molecular weight excluding hydrogens is 263 g/mol. The Labute approximate surface area is 106 Å². The molecule has 0 aromatic carbocycles. The van der Waals surface area contributed by atoms with Crippen molar-refractivity contribution in [3.8, 4) is 0 Å². The molecule has 2 rings (SSSR count). The molecule has 0 atom stereocenters. The normalized spacial score (nSPS) is 12.3. The van der Waals surface area contributed by atoms with E-state index in [1.54, 1.807) is 6.92 Å². The van der Waals surface area contributed by atoms with Crippen LogP contribution in [0.1, 0.15) is 11.5 Å². The standard InChI is InChI=1S/C11H12F3N3O2/c1-6-5-7-8(15-6)16-10(11(12,13)14)17(9(7)18)3-4-19-2/h5,15H,3-4H2,1-2H3. The number of methoxy groups -OCH3 is 1. The molecule has 2 heterocycles. The zero-order chi connectivity index (χ0) is 14.2. The van der Waals surface area contributed by atoms with Gasteiger partial charge in [0.2, 0.25) is 5.82 Å². The maximum absolute atomic E-state index is 12.9. The maximum atomic E-state index is 12.9. The van der Waals surface area contributed by atoms with E-state index in [1.807, 2.05) is 0 Å². The minimum atomic E-state index is -4.69. The SMILES string of the molecule is COCCn1c(C(F)(F)F)nc2[nH]c(C)cc2c1=O. The smallest absolute Gasteiger partial charge is 0.383 e. The fourth-order valence-electron chi connectivity index (χ4n) is 1.84. The van der Waals surface area contributed by atoms with Gasteiger partial charge in [-0.25, -0.2) is 4.98 Å². The van der Waals surface area contributed by atoms with E-state index in [0.29, 0.717) is 10.3 Å². The highest BCUT2D eigenvalue weighted by Crippen LogP contribution is 2.27. The minimum Gasteiger partial charge on any atom is -0.383 e. The van der Waals surface area contributed by atoms with E-state index >= 15 is 0 Å². The van der Waals surface area contributed by atoms with Gasteiger partial charge in [-0.05, 0) is 13.0 Å². The van der Waals surface area contributed by atoms with Gasteiger partial charge in [-0.3, -0.25) is 9.36 Å². The largest absolute Gasteiger partial charge is 0.449 e. The molecule has 0 radical (unpaired) electrons. The molecule has 0 unspecified atom stereocenters. The number of alkyl halides is 3. The van der Waals surface area contributed by atoms with Crippen LogP contribution in [0, 0.1) is 6.92 Å². The van der Waals surface area contributed by atoms with E-state index in [2.05, 4.69) is 9.97 Å². The zero-order valence-electron chi connectivity index (χ0n) is 10.3. The Morgan fingerprint density at radius 1 is 1.47 bits per heavy atom. The van der Waals surface area contributed by atoms with Crippen LogP contribution in [0.4, 0.5) is 13.2 Å². The van der Waals surface area contributed by atoms with Gasteiger partial charge in [0.05, 0.1) is 18.5 Å². The van der Waals surface area contributed by atoms with Crippen molar-refractivity contribution >= 4 is 11.0 Å². The number of H-pyrrole nitrogens is 1. The van der Waals surface area contributed by atoms with Crippen LogP contribution in [0.15, 0.2) is 10.9 Å². The van der Waals surface area contributed by atoms with E-state index in [0.717, 1.165) is 0 Å². The number of rotatable bonds is 3. The van der Waals surface area contributed by atoms with Gasteiger partial charge < -0.3 is 9.72 Å². The van der Waals surface area contributed by atoms with Crippen LogP contribution in [0.5, 0.6) is 0 Å². The number of ether oxygens (including phenoxy) is 1. The molecule has 0 aliphatic carbocycles. The van der Waals surface area contributed by atoms with E-state index in [1.165, 1.54) is 13.2 Å². The Morgan fingerprint density at radius 3 is 2.74 bits per heavy atom. The fourth-order valence-corrected chi connectivity index (χ4v) is 1.84. The summed E-state index contributed by atoms with van der Waals surface area (Å²) >= 11 is 0. The quantitative estimate of drug-likeness (QED) is 0.927. The molecule has 2 aromatic rings. The molecule has 5 nitrogen and oxygen atoms in total. The van der Waals surface area contributed by atoms with Gasteiger partial charge in [0, 0.05) is 12.8 Å². The number of nitrogens with one attached hydrogen (secondary N) is 1. The van der Waals surface area contributed by atoms with Crippen molar-refractivity contribution in [3.63, 3.8) is 0 Å². The summed E-state index contributed by atoms with van der Waals surface area (Å²) in [5.41, 5.74) is -0.195. The lowest BCUT2D eigenvalue weighted by molar-refractivity contribution is -0.148. The third-order valence-corrected chi connectivity index (χ3v) is 2.65. The van der Waals surface area contributed by atoms with Crippen molar-refractivity contribution in [1.82, 2.24) is 14.5 Å². The van der Waals surface area contributed by atoms with E-state index in [-0.39, 0.29) is 24.2 Å². The van der Waals surface area contributed by atoms with E-state index in [9.17, 15) is 18.0 Å². The predicted molar refractivity (Wildman–Crippen MR) is 62.0 cm³/mol. The molecule has 104 valence electrons. The number of aryl methyl sites for hydroxylation is 1. The first kappa shape index (κ1) is 13.6. The molecule has 0 aliphatic heterocycles. The molecule has 0 amide bonds. The minimum absolute atomic E-state index is 0.000418.